The minimum atomic E-state index is -0.597. The lowest BCUT2D eigenvalue weighted by Crippen LogP contribution is -2.29. The highest BCUT2D eigenvalue weighted by Gasteiger charge is 2.24. The van der Waals surface area contributed by atoms with Gasteiger partial charge in [-0.15, -0.1) is 0 Å². The van der Waals surface area contributed by atoms with Crippen LogP contribution in [-0.2, 0) is 11.2 Å². The van der Waals surface area contributed by atoms with Crippen molar-refractivity contribution in [3.05, 3.63) is 53.6 Å². The molecule has 0 fully saturated rings. The molecule has 0 spiro atoms. The maximum absolute atomic E-state index is 12.8. The summed E-state index contributed by atoms with van der Waals surface area (Å²) in [5.74, 6) is -0.339. The van der Waals surface area contributed by atoms with E-state index in [-0.39, 0.29) is 17.2 Å². The summed E-state index contributed by atoms with van der Waals surface area (Å²) in [7, 11) is 1.40. The number of pyridine rings is 1. The normalized spacial score (nSPS) is 11.6. The van der Waals surface area contributed by atoms with Crippen molar-refractivity contribution in [3.63, 3.8) is 0 Å². The van der Waals surface area contributed by atoms with Crippen LogP contribution in [0.4, 0.5) is 0 Å². The van der Waals surface area contributed by atoms with Crippen molar-refractivity contribution < 1.29 is 23.6 Å². The number of nitrogens with zero attached hydrogens (tertiary/aromatic N) is 3. The zero-order valence-electron chi connectivity index (χ0n) is 17.1. The van der Waals surface area contributed by atoms with Crippen LogP contribution < -0.4 is 14.8 Å². The van der Waals surface area contributed by atoms with E-state index in [1.165, 1.54) is 26.3 Å². The van der Waals surface area contributed by atoms with Gasteiger partial charge in [-0.25, -0.2) is 4.98 Å². The lowest BCUT2D eigenvalue weighted by Gasteiger charge is -2.14. The van der Waals surface area contributed by atoms with E-state index in [0.717, 1.165) is 17.5 Å². The Morgan fingerprint density at radius 2 is 2.07 bits per heavy atom. The molecule has 0 radical (unpaired) electrons. The van der Waals surface area contributed by atoms with Gasteiger partial charge in [0.15, 0.2) is 17.3 Å². The van der Waals surface area contributed by atoms with E-state index in [1.807, 2.05) is 24.3 Å². The summed E-state index contributed by atoms with van der Waals surface area (Å²) < 4.78 is 15.6. The number of carbonyl (C=O) groups excluding carboxylic acids is 2. The zero-order valence-corrected chi connectivity index (χ0v) is 17.1. The van der Waals surface area contributed by atoms with Gasteiger partial charge in [0.05, 0.1) is 13.2 Å². The van der Waals surface area contributed by atoms with E-state index in [4.69, 9.17) is 14.0 Å². The average Bonchev–Trinajstić information content (AvgIpc) is 3.24. The van der Waals surface area contributed by atoms with E-state index in [9.17, 15) is 9.59 Å². The van der Waals surface area contributed by atoms with Crippen molar-refractivity contribution in [1.82, 2.24) is 20.4 Å². The number of hydrogen-bond donors (Lipinski definition) is 1. The molecule has 1 aromatic carbocycles. The molecule has 30 heavy (non-hydrogen) atoms. The minimum Gasteiger partial charge on any atom is -0.493 e. The maximum Gasteiger partial charge on any atom is 0.308 e. The molecule has 2 aromatic heterocycles. The van der Waals surface area contributed by atoms with Gasteiger partial charge in [0.2, 0.25) is 5.75 Å². The second kappa shape index (κ2) is 9.17. The number of amides is 1. The fraction of sp³-hybridized carbons (Fsp3) is 0.286. The van der Waals surface area contributed by atoms with E-state index >= 15 is 0 Å². The van der Waals surface area contributed by atoms with Crippen LogP contribution in [0.1, 0.15) is 48.7 Å². The molecule has 3 aromatic rings. The predicted octanol–water partition coefficient (Wildman–Crippen LogP) is 3.12. The Kier molecular flexibility index (Phi) is 6.41. The molecule has 156 valence electrons. The molecular weight excluding hydrogens is 388 g/mol. The Morgan fingerprint density at radius 3 is 2.77 bits per heavy atom. The van der Waals surface area contributed by atoms with Crippen molar-refractivity contribution in [2.24, 2.45) is 0 Å². The summed E-state index contributed by atoms with van der Waals surface area (Å²) in [5, 5.41) is 6.70. The number of nitrogens with one attached hydrogen (secondary N) is 1. The monoisotopic (exact) mass is 410 g/mol. The lowest BCUT2D eigenvalue weighted by atomic mass is 10.1. The standard InChI is InChI=1S/C21H22N4O5/c1-5-14-7-6-8-15(11-14)21-24-19(25-30-21)12(2)23-20(27)17-18(29-13(3)26)16(28-4)9-10-22-17/h6-12H,5H2,1-4H3,(H,23,27)/t12-/m0/s1. The summed E-state index contributed by atoms with van der Waals surface area (Å²) >= 11 is 0. The first-order chi connectivity index (χ1) is 14.4. The molecule has 1 amide bonds. The number of hydrogen-bond acceptors (Lipinski definition) is 8. The smallest absolute Gasteiger partial charge is 0.308 e. The molecule has 2 heterocycles. The van der Waals surface area contributed by atoms with Crippen LogP contribution in [0.15, 0.2) is 41.1 Å². The summed E-state index contributed by atoms with van der Waals surface area (Å²) in [6.07, 6.45) is 2.28. The van der Waals surface area contributed by atoms with E-state index in [2.05, 4.69) is 27.4 Å². The molecule has 0 saturated carbocycles. The highest BCUT2D eigenvalue weighted by molar-refractivity contribution is 5.96. The fourth-order valence-corrected chi connectivity index (χ4v) is 2.78. The Morgan fingerprint density at radius 1 is 1.27 bits per heavy atom. The molecule has 9 heteroatoms. The van der Waals surface area contributed by atoms with Crippen LogP contribution in [-0.4, -0.2) is 34.1 Å². The van der Waals surface area contributed by atoms with E-state index in [1.54, 1.807) is 6.92 Å². The van der Waals surface area contributed by atoms with Crippen LogP contribution in [0.3, 0.4) is 0 Å². The second-order valence-electron chi connectivity index (χ2n) is 6.49. The summed E-state index contributed by atoms with van der Waals surface area (Å²) in [4.78, 5) is 32.6. The Hall–Kier alpha value is -3.75. The molecule has 3 rings (SSSR count). The SMILES string of the molecule is CCc1cccc(-c2nc([C@H](C)NC(=O)c3nccc(OC)c3OC(C)=O)no2)c1. The number of ether oxygens (including phenoxy) is 2. The third kappa shape index (κ3) is 4.62. The van der Waals surface area contributed by atoms with Gasteiger partial charge < -0.3 is 19.3 Å². The quantitative estimate of drug-likeness (QED) is 0.591. The average molecular weight is 410 g/mol. The topological polar surface area (TPSA) is 116 Å². The van der Waals surface area contributed by atoms with Gasteiger partial charge in [0.1, 0.15) is 0 Å². The van der Waals surface area contributed by atoms with Crippen molar-refractivity contribution in [1.29, 1.82) is 0 Å². The lowest BCUT2D eigenvalue weighted by molar-refractivity contribution is -0.132. The third-order valence-corrected chi connectivity index (χ3v) is 4.31. The van der Waals surface area contributed by atoms with Crippen LogP contribution in [0.25, 0.3) is 11.5 Å². The zero-order chi connectivity index (χ0) is 21.7. The number of benzene rings is 1. The fourth-order valence-electron chi connectivity index (χ4n) is 2.78. The van der Waals surface area contributed by atoms with Gasteiger partial charge >= 0.3 is 5.97 Å². The molecule has 0 saturated heterocycles. The molecule has 0 bridgehead atoms. The molecule has 1 N–H and O–H groups in total. The van der Waals surface area contributed by atoms with Gasteiger partial charge in [-0.2, -0.15) is 4.98 Å². The van der Waals surface area contributed by atoms with Crippen LogP contribution in [0.5, 0.6) is 11.5 Å². The maximum atomic E-state index is 12.8. The highest BCUT2D eigenvalue weighted by Crippen LogP contribution is 2.30. The molecular formula is C21H22N4O5. The van der Waals surface area contributed by atoms with E-state index < -0.39 is 17.9 Å². The number of carbonyl (C=O) groups is 2. The Bertz CT molecular complexity index is 1060. The highest BCUT2D eigenvalue weighted by atomic mass is 16.6. The molecule has 0 aliphatic carbocycles. The van der Waals surface area contributed by atoms with Crippen molar-refractivity contribution in [3.8, 4) is 23.0 Å². The first-order valence-corrected chi connectivity index (χ1v) is 9.38. The van der Waals surface area contributed by atoms with Crippen molar-refractivity contribution in [2.45, 2.75) is 33.2 Å². The molecule has 0 aliphatic heterocycles. The van der Waals surface area contributed by atoms with Crippen molar-refractivity contribution >= 4 is 11.9 Å². The Labute approximate surface area is 173 Å². The largest absolute Gasteiger partial charge is 0.493 e. The predicted molar refractivity (Wildman–Crippen MR) is 107 cm³/mol. The van der Waals surface area contributed by atoms with Crippen LogP contribution >= 0.6 is 0 Å². The number of methoxy groups -OCH3 is 1. The van der Waals surface area contributed by atoms with Gasteiger partial charge in [0, 0.05) is 24.8 Å². The van der Waals surface area contributed by atoms with Crippen molar-refractivity contribution in [2.75, 3.05) is 7.11 Å². The first-order valence-electron chi connectivity index (χ1n) is 9.38. The summed E-state index contributed by atoms with van der Waals surface area (Å²) in [6.45, 7) is 5.00. The summed E-state index contributed by atoms with van der Waals surface area (Å²) in [6, 6.07) is 8.72. The van der Waals surface area contributed by atoms with Gasteiger partial charge in [-0.05, 0) is 31.0 Å². The molecule has 9 nitrogen and oxygen atoms in total. The Balaban J connectivity index is 1.80. The van der Waals surface area contributed by atoms with Crippen LogP contribution in [0.2, 0.25) is 0 Å². The third-order valence-electron chi connectivity index (χ3n) is 4.31. The second-order valence-corrected chi connectivity index (χ2v) is 6.49. The van der Waals surface area contributed by atoms with Gasteiger partial charge in [0.25, 0.3) is 11.8 Å². The number of aromatic nitrogens is 3. The van der Waals surface area contributed by atoms with E-state index in [0.29, 0.717) is 11.7 Å². The molecule has 0 aliphatic rings. The van der Waals surface area contributed by atoms with Gasteiger partial charge in [-0.1, -0.05) is 24.2 Å². The molecule has 1 atom stereocenters. The number of esters is 1. The summed E-state index contributed by atoms with van der Waals surface area (Å²) in [5.41, 5.74) is 1.87. The number of aryl methyl sites for hydroxylation is 1. The first kappa shape index (κ1) is 21.0. The van der Waals surface area contributed by atoms with Gasteiger partial charge in [-0.3, -0.25) is 9.59 Å². The number of rotatable bonds is 7. The minimum absolute atomic E-state index is 0.0534. The molecule has 0 unspecified atom stereocenters. The van der Waals surface area contributed by atoms with Crippen LogP contribution in [0, 0.1) is 0 Å².